The molecule has 1 aromatic heterocycles. The molecular formula is C22H24FN3O2. The molecule has 1 unspecified atom stereocenters. The number of carbonyl (C=O) groups is 1. The van der Waals surface area contributed by atoms with Crippen molar-refractivity contribution in [1.82, 2.24) is 14.5 Å². The highest BCUT2D eigenvalue weighted by Crippen LogP contribution is 2.27. The molecule has 5 nitrogen and oxygen atoms in total. The number of rotatable bonds is 4. The van der Waals surface area contributed by atoms with E-state index in [1.54, 1.807) is 12.1 Å². The van der Waals surface area contributed by atoms with Gasteiger partial charge < -0.3 is 9.88 Å². The summed E-state index contributed by atoms with van der Waals surface area (Å²) in [5, 5.41) is 0. The number of imidazole rings is 1. The monoisotopic (exact) mass is 381 g/mol. The molecule has 0 aliphatic carbocycles. The van der Waals surface area contributed by atoms with Crippen LogP contribution in [0.5, 0.6) is 0 Å². The number of H-pyrrole nitrogens is 1. The van der Waals surface area contributed by atoms with Crippen LogP contribution in [0.15, 0.2) is 53.3 Å². The number of para-hydroxylation sites is 2. The normalized spacial score (nSPS) is 16.4. The molecule has 2 heterocycles. The summed E-state index contributed by atoms with van der Waals surface area (Å²) in [6.07, 6.45) is 1.93. The molecule has 4 rings (SSSR count). The standard InChI is InChI=1S/C22H24FN3O2/c1-15(16-6-8-17(23)9-7-16)14-21(27)25-12-10-18(11-13-25)26-20-5-3-2-4-19(20)24-22(26)28/h2-9,15,18H,10-14H2,1H3,(H,24,28). The maximum atomic E-state index is 13.1. The van der Waals surface area contributed by atoms with Gasteiger partial charge in [-0.3, -0.25) is 9.36 Å². The first-order valence-corrected chi connectivity index (χ1v) is 9.75. The molecule has 1 aliphatic rings. The fourth-order valence-corrected chi connectivity index (χ4v) is 4.11. The van der Waals surface area contributed by atoms with E-state index in [0.717, 1.165) is 29.4 Å². The van der Waals surface area contributed by atoms with E-state index in [2.05, 4.69) is 4.98 Å². The first-order valence-electron chi connectivity index (χ1n) is 9.75. The highest BCUT2D eigenvalue weighted by atomic mass is 19.1. The van der Waals surface area contributed by atoms with Crippen LogP contribution in [0.3, 0.4) is 0 Å². The van der Waals surface area contributed by atoms with Crippen LogP contribution in [-0.2, 0) is 4.79 Å². The van der Waals surface area contributed by atoms with Gasteiger partial charge in [0, 0.05) is 25.6 Å². The Bertz CT molecular complexity index is 1030. The molecule has 1 N–H and O–H groups in total. The van der Waals surface area contributed by atoms with Crippen LogP contribution in [0.4, 0.5) is 4.39 Å². The smallest absolute Gasteiger partial charge is 0.326 e. The Kier molecular flexibility index (Phi) is 5.03. The highest BCUT2D eigenvalue weighted by molar-refractivity contribution is 5.77. The molecule has 1 aliphatic heterocycles. The molecule has 28 heavy (non-hydrogen) atoms. The van der Waals surface area contributed by atoms with Crippen molar-refractivity contribution in [2.45, 2.75) is 38.1 Å². The average molecular weight is 381 g/mol. The van der Waals surface area contributed by atoms with Crippen LogP contribution in [-0.4, -0.2) is 33.4 Å². The average Bonchev–Trinajstić information content (AvgIpc) is 3.04. The summed E-state index contributed by atoms with van der Waals surface area (Å²) in [5.41, 5.74) is 2.65. The number of fused-ring (bicyclic) bond motifs is 1. The maximum absolute atomic E-state index is 13.1. The van der Waals surface area contributed by atoms with Crippen molar-refractivity contribution in [2.24, 2.45) is 0 Å². The molecule has 0 radical (unpaired) electrons. The number of likely N-dealkylation sites (tertiary alicyclic amines) is 1. The molecule has 1 atom stereocenters. The third-order valence-corrected chi connectivity index (χ3v) is 5.73. The molecule has 1 fully saturated rings. The van der Waals surface area contributed by atoms with Crippen LogP contribution >= 0.6 is 0 Å². The van der Waals surface area contributed by atoms with E-state index in [0.29, 0.717) is 19.5 Å². The van der Waals surface area contributed by atoms with Gasteiger partial charge in [-0.15, -0.1) is 0 Å². The van der Waals surface area contributed by atoms with Gasteiger partial charge in [0.05, 0.1) is 11.0 Å². The molecule has 1 amide bonds. The quantitative estimate of drug-likeness (QED) is 0.747. The molecule has 146 valence electrons. The van der Waals surface area contributed by atoms with Gasteiger partial charge in [0.2, 0.25) is 5.91 Å². The third-order valence-electron chi connectivity index (χ3n) is 5.73. The Hall–Kier alpha value is -2.89. The van der Waals surface area contributed by atoms with Crippen molar-refractivity contribution in [2.75, 3.05) is 13.1 Å². The number of nitrogens with one attached hydrogen (secondary N) is 1. The van der Waals surface area contributed by atoms with Gasteiger partial charge in [-0.25, -0.2) is 9.18 Å². The Balaban J connectivity index is 1.39. The Morgan fingerprint density at radius 1 is 1.14 bits per heavy atom. The lowest BCUT2D eigenvalue weighted by Gasteiger charge is -2.33. The van der Waals surface area contributed by atoms with Gasteiger partial charge in [0.25, 0.3) is 0 Å². The van der Waals surface area contributed by atoms with Gasteiger partial charge in [-0.05, 0) is 48.6 Å². The summed E-state index contributed by atoms with van der Waals surface area (Å²) in [6.45, 7) is 3.28. The van der Waals surface area contributed by atoms with Gasteiger partial charge in [-0.1, -0.05) is 31.2 Å². The van der Waals surface area contributed by atoms with Crippen molar-refractivity contribution in [3.05, 3.63) is 70.4 Å². The molecule has 0 saturated carbocycles. The Morgan fingerprint density at radius 2 is 1.82 bits per heavy atom. The van der Waals surface area contributed by atoms with E-state index in [4.69, 9.17) is 0 Å². The van der Waals surface area contributed by atoms with Crippen molar-refractivity contribution in [3.8, 4) is 0 Å². The lowest BCUT2D eigenvalue weighted by atomic mass is 9.96. The minimum Gasteiger partial charge on any atom is -0.343 e. The minimum atomic E-state index is -0.267. The molecule has 2 aromatic carbocycles. The molecule has 6 heteroatoms. The number of nitrogens with zero attached hydrogens (tertiary/aromatic N) is 2. The van der Waals surface area contributed by atoms with E-state index in [-0.39, 0.29) is 29.4 Å². The van der Waals surface area contributed by atoms with Gasteiger partial charge in [0.1, 0.15) is 5.82 Å². The van der Waals surface area contributed by atoms with Crippen molar-refractivity contribution < 1.29 is 9.18 Å². The second-order valence-electron chi connectivity index (χ2n) is 7.59. The summed E-state index contributed by atoms with van der Waals surface area (Å²) in [4.78, 5) is 29.9. The van der Waals surface area contributed by atoms with E-state index >= 15 is 0 Å². The predicted molar refractivity (Wildman–Crippen MR) is 107 cm³/mol. The van der Waals surface area contributed by atoms with Gasteiger partial charge >= 0.3 is 5.69 Å². The third kappa shape index (κ3) is 3.59. The Morgan fingerprint density at radius 3 is 2.54 bits per heavy atom. The zero-order valence-electron chi connectivity index (χ0n) is 15.9. The lowest BCUT2D eigenvalue weighted by molar-refractivity contribution is -0.132. The van der Waals surface area contributed by atoms with E-state index in [9.17, 15) is 14.0 Å². The Labute approximate surface area is 162 Å². The summed E-state index contributed by atoms with van der Waals surface area (Å²) in [6, 6.07) is 14.1. The second kappa shape index (κ2) is 7.62. The van der Waals surface area contributed by atoms with Crippen LogP contribution in [0.2, 0.25) is 0 Å². The van der Waals surface area contributed by atoms with Crippen LogP contribution < -0.4 is 5.69 Å². The SMILES string of the molecule is CC(CC(=O)N1CCC(n2c(=O)[nH]c3ccccc32)CC1)c1ccc(F)cc1. The number of benzene rings is 2. The zero-order chi connectivity index (χ0) is 19.7. The lowest BCUT2D eigenvalue weighted by Crippen LogP contribution is -2.40. The number of hydrogen-bond acceptors (Lipinski definition) is 2. The molecule has 0 spiro atoms. The number of amides is 1. The van der Waals surface area contributed by atoms with Crippen LogP contribution in [0, 0.1) is 5.82 Å². The van der Waals surface area contributed by atoms with Gasteiger partial charge in [0.15, 0.2) is 0 Å². The zero-order valence-corrected chi connectivity index (χ0v) is 15.9. The van der Waals surface area contributed by atoms with Crippen molar-refractivity contribution >= 4 is 16.9 Å². The first-order chi connectivity index (χ1) is 13.5. The molecule has 1 saturated heterocycles. The van der Waals surface area contributed by atoms with Crippen LogP contribution in [0.1, 0.15) is 43.7 Å². The highest BCUT2D eigenvalue weighted by Gasteiger charge is 2.26. The largest absolute Gasteiger partial charge is 0.343 e. The molecular weight excluding hydrogens is 357 g/mol. The molecule has 3 aromatic rings. The fraction of sp³-hybridized carbons (Fsp3) is 0.364. The number of piperidine rings is 1. The number of carbonyl (C=O) groups excluding carboxylic acids is 1. The summed E-state index contributed by atoms with van der Waals surface area (Å²) < 4.78 is 14.9. The predicted octanol–water partition coefficient (Wildman–Crippen LogP) is 3.83. The van der Waals surface area contributed by atoms with Crippen molar-refractivity contribution in [3.63, 3.8) is 0 Å². The van der Waals surface area contributed by atoms with E-state index in [1.165, 1.54) is 12.1 Å². The van der Waals surface area contributed by atoms with Gasteiger partial charge in [-0.2, -0.15) is 0 Å². The summed E-state index contributed by atoms with van der Waals surface area (Å²) in [5.74, 6) is -0.111. The van der Waals surface area contributed by atoms with Crippen LogP contribution in [0.25, 0.3) is 11.0 Å². The van der Waals surface area contributed by atoms with E-state index in [1.807, 2.05) is 40.7 Å². The second-order valence-corrected chi connectivity index (χ2v) is 7.59. The summed E-state index contributed by atoms with van der Waals surface area (Å²) >= 11 is 0. The maximum Gasteiger partial charge on any atom is 0.326 e. The minimum absolute atomic E-state index is 0.0436. The molecule has 0 bridgehead atoms. The topological polar surface area (TPSA) is 58.1 Å². The fourth-order valence-electron chi connectivity index (χ4n) is 4.11. The van der Waals surface area contributed by atoms with Crippen molar-refractivity contribution in [1.29, 1.82) is 0 Å². The number of hydrogen-bond donors (Lipinski definition) is 1. The number of aromatic nitrogens is 2. The first kappa shape index (κ1) is 18.5. The number of halogens is 1. The van der Waals surface area contributed by atoms with E-state index < -0.39 is 0 Å². The summed E-state index contributed by atoms with van der Waals surface area (Å²) in [7, 11) is 0. The number of aromatic amines is 1.